The first-order chi connectivity index (χ1) is 12.9. The molecule has 0 aromatic rings. The Morgan fingerprint density at radius 3 is 2.21 bits per heavy atom. The zero-order valence-corrected chi connectivity index (χ0v) is 22.5. The van der Waals surface area contributed by atoms with Gasteiger partial charge >= 0.3 is 5.97 Å². The number of nitrogens with zero attached hydrogens (tertiary/aromatic N) is 1. The van der Waals surface area contributed by atoms with E-state index in [1.165, 1.54) is 0 Å². The monoisotopic (exact) mass is 441 g/mol. The predicted octanol–water partition coefficient (Wildman–Crippen LogP) is 5.05. The van der Waals surface area contributed by atoms with E-state index in [1.54, 1.807) is 0 Å². The van der Waals surface area contributed by atoms with Gasteiger partial charge in [0.1, 0.15) is 11.6 Å². The lowest BCUT2D eigenvalue weighted by molar-refractivity contribution is -0.181. The van der Waals surface area contributed by atoms with E-state index >= 15 is 0 Å². The van der Waals surface area contributed by atoms with Gasteiger partial charge < -0.3 is 14.1 Å². The molecule has 0 aliphatic carbocycles. The standard InChI is InChI=1S/C22H43NO4Si2/c1-15(27-29(10,11)22(5,6)7)18-17-14-28(8,9)13-12-16(23(17)19(18)24)20(25)26-21(2,3)4/h15-18H,12-14H2,1-11H3/t15-,16+,17-,18-/m1/s1. The van der Waals surface area contributed by atoms with Gasteiger partial charge in [0.2, 0.25) is 5.91 Å². The number of rotatable bonds is 4. The van der Waals surface area contributed by atoms with Crippen molar-refractivity contribution in [3.05, 3.63) is 0 Å². The van der Waals surface area contributed by atoms with Crippen molar-refractivity contribution in [2.24, 2.45) is 5.92 Å². The summed E-state index contributed by atoms with van der Waals surface area (Å²) in [5.41, 5.74) is -0.544. The van der Waals surface area contributed by atoms with Crippen molar-refractivity contribution in [1.82, 2.24) is 4.90 Å². The molecule has 0 saturated carbocycles. The van der Waals surface area contributed by atoms with Crippen LogP contribution in [0.25, 0.3) is 0 Å². The molecule has 7 heteroatoms. The van der Waals surface area contributed by atoms with Crippen LogP contribution in [0.2, 0.25) is 43.3 Å². The summed E-state index contributed by atoms with van der Waals surface area (Å²) >= 11 is 0. The SMILES string of the molecule is C[C@@H](O[Si](C)(C)C(C)(C)C)[C@H]1C(=O)N2[C@@H]1C[Si](C)(C)CC[C@H]2C(=O)OC(C)(C)C. The van der Waals surface area contributed by atoms with Crippen LogP contribution in [0.3, 0.4) is 0 Å². The van der Waals surface area contributed by atoms with Crippen LogP contribution in [0.15, 0.2) is 0 Å². The number of amides is 1. The molecule has 0 aromatic heterocycles. The highest BCUT2D eigenvalue weighted by Gasteiger charge is 2.58. The highest BCUT2D eigenvalue weighted by atomic mass is 28.4. The van der Waals surface area contributed by atoms with Crippen molar-refractivity contribution in [1.29, 1.82) is 0 Å². The Balaban J connectivity index is 2.26. The van der Waals surface area contributed by atoms with Gasteiger partial charge in [-0.15, -0.1) is 0 Å². The molecule has 168 valence electrons. The molecular weight excluding hydrogens is 398 g/mol. The molecule has 2 rings (SSSR count). The van der Waals surface area contributed by atoms with Gasteiger partial charge in [-0.05, 0) is 58.3 Å². The Bertz CT molecular complexity index is 648. The van der Waals surface area contributed by atoms with E-state index in [0.29, 0.717) is 0 Å². The van der Waals surface area contributed by atoms with Crippen LogP contribution >= 0.6 is 0 Å². The van der Waals surface area contributed by atoms with Gasteiger partial charge in [-0.25, -0.2) is 4.79 Å². The maximum absolute atomic E-state index is 13.3. The van der Waals surface area contributed by atoms with Gasteiger partial charge in [0, 0.05) is 14.1 Å². The summed E-state index contributed by atoms with van der Waals surface area (Å²) in [6.45, 7) is 23.6. The minimum atomic E-state index is -1.97. The van der Waals surface area contributed by atoms with Gasteiger partial charge in [0.05, 0.1) is 12.0 Å². The highest BCUT2D eigenvalue weighted by molar-refractivity contribution is 6.77. The normalized spacial score (nSPS) is 28.9. The molecular formula is C22H43NO4Si2. The molecule has 2 heterocycles. The van der Waals surface area contributed by atoms with E-state index in [-0.39, 0.29) is 35.0 Å². The van der Waals surface area contributed by atoms with Gasteiger partial charge in [-0.3, -0.25) is 4.79 Å². The van der Waals surface area contributed by atoms with Crippen LogP contribution < -0.4 is 0 Å². The first kappa shape index (κ1) is 24.6. The lowest BCUT2D eigenvalue weighted by Crippen LogP contribution is -2.69. The van der Waals surface area contributed by atoms with Crippen molar-refractivity contribution >= 4 is 28.3 Å². The summed E-state index contributed by atoms with van der Waals surface area (Å²) in [6, 6.07) is 1.73. The average molecular weight is 442 g/mol. The zero-order chi connectivity index (χ0) is 22.6. The quantitative estimate of drug-likeness (QED) is 0.348. The molecule has 0 unspecified atom stereocenters. The molecule has 5 nitrogen and oxygen atoms in total. The number of esters is 1. The summed E-state index contributed by atoms with van der Waals surface area (Å²) in [7, 11) is -3.47. The first-order valence-corrected chi connectivity index (χ1v) is 17.4. The third kappa shape index (κ3) is 5.34. The van der Waals surface area contributed by atoms with Crippen LogP contribution in [0.1, 0.15) is 54.9 Å². The largest absolute Gasteiger partial charge is 0.458 e. The Labute approximate surface area is 180 Å². The summed E-state index contributed by atoms with van der Waals surface area (Å²) in [6.07, 6.45) is 0.604. The average Bonchev–Trinajstić information content (AvgIpc) is 2.58. The van der Waals surface area contributed by atoms with Crippen LogP contribution in [0.4, 0.5) is 0 Å². The minimum absolute atomic E-state index is 0.0729. The van der Waals surface area contributed by atoms with E-state index in [4.69, 9.17) is 9.16 Å². The maximum atomic E-state index is 13.3. The molecule has 4 atom stereocenters. The predicted molar refractivity (Wildman–Crippen MR) is 123 cm³/mol. The third-order valence-corrected chi connectivity index (χ3v) is 14.7. The molecule has 2 aliphatic heterocycles. The smallest absolute Gasteiger partial charge is 0.329 e. The van der Waals surface area contributed by atoms with Gasteiger partial charge in [-0.2, -0.15) is 0 Å². The highest BCUT2D eigenvalue weighted by Crippen LogP contribution is 2.45. The molecule has 0 N–H and O–H groups in total. The van der Waals surface area contributed by atoms with Crippen LogP contribution in [0.5, 0.6) is 0 Å². The Hall–Kier alpha value is -0.666. The Morgan fingerprint density at radius 1 is 1.17 bits per heavy atom. The number of hydrogen-bond donors (Lipinski definition) is 0. The molecule has 2 aliphatic rings. The van der Waals surface area contributed by atoms with E-state index in [1.807, 2.05) is 25.7 Å². The van der Waals surface area contributed by atoms with Gasteiger partial charge in [0.25, 0.3) is 0 Å². The Morgan fingerprint density at radius 2 is 1.72 bits per heavy atom. The molecule has 1 amide bonds. The fraction of sp³-hybridized carbons (Fsp3) is 0.909. The minimum Gasteiger partial charge on any atom is -0.458 e. The molecule has 0 spiro atoms. The number of carbonyl (C=O) groups excluding carboxylic acids is 2. The van der Waals surface area contributed by atoms with Crippen molar-refractivity contribution in [2.45, 2.75) is 122 Å². The van der Waals surface area contributed by atoms with Crippen LogP contribution in [0, 0.1) is 5.92 Å². The summed E-state index contributed by atoms with van der Waals surface area (Å²) in [5.74, 6) is -0.318. The second-order valence-electron chi connectivity index (χ2n) is 12.4. The number of carbonyl (C=O) groups is 2. The maximum Gasteiger partial charge on any atom is 0.329 e. The van der Waals surface area contributed by atoms with Gasteiger partial charge in [0.15, 0.2) is 8.32 Å². The van der Waals surface area contributed by atoms with E-state index in [2.05, 4.69) is 53.9 Å². The van der Waals surface area contributed by atoms with E-state index < -0.39 is 28.0 Å². The molecule has 0 radical (unpaired) electrons. The van der Waals surface area contributed by atoms with Crippen LogP contribution in [-0.4, -0.2) is 57.0 Å². The number of fused-ring (bicyclic) bond motifs is 1. The molecule has 0 bridgehead atoms. The summed E-state index contributed by atoms with van der Waals surface area (Å²) < 4.78 is 12.3. The fourth-order valence-corrected chi connectivity index (χ4v) is 8.64. The number of hydrogen-bond acceptors (Lipinski definition) is 4. The fourth-order valence-electron chi connectivity index (χ4n) is 4.37. The molecule has 29 heavy (non-hydrogen) atoms. The summed E-state index contributed by atoms with van der Waals surface area (Å²) in [4.78, 5) is 28.1. The number of ether oxygens (including phenoxy) is 1. The number of β-lactam (4-membered cyclic amide) rings is 1. The Kier molecular flexibility index (Phi) is 6.61. The zero-order valence-electron chi connectivity index (χ0n) is 20.5. The first-order valence-electron chi connectivity index (χ1n) is 11.1. The van der Waals surface area contributed by atoms with Crippen LogP contribution in [-0.2, 0) is 18.8 Å². The van der Waals surface area contributed by atoms with E-state index in [9.17, 15) is 9.59 Å². The topological polar surface area (TPSA) is 55.8 Å². The van der Waals surface area contributed by atoms with Gasteiger partial charge in [-0.1, -0.05) is 39.9 Å². The molecule has 0 aromatic carbocycles. The van der Waals surface area contributed by atoms with E-state index in [0.717, 1.165) is 18.5 Å². The molecule has 2 saturated heterocycles. The lowest BCUT2D eigenvalue weighted by Gasteiger charge is -2.53. The summed E-state index contributed by atoms with van der Waals surface area (Å²) in [5, 5.41) is 0.101. The third-order valence-electron chi connectivity index (χ3n) is 6.97. The lowest BCUT2D eigenvalue weighted by atomic mass is 9.82. The molecule has 2 fully saturated rings. The van der Waals surface area contributed by atoms with Crippen molar-refractivity contribution < 1.29 is 18.8 Å². The van der Waals surface area contributed by atoms with Crippen molar-refractivity contribution in [3.63, 3.8) is 0 Å². The second kappa shape index (κ2) is 7.79. The second-order valence-corrected chi connectivity index (χ2v) is 22.4. The van der Waals surface area contributed by atoms with Crippen molar-refractivity contribution in [3.8, 4) is 0 Å². The van der Waals surface area contributed by atoms with Crippen molar-refractivity contribution in [2.75, 3.05) is 0 Å².